The molecule has 2 aliphatic heterocycles. The Labute approximate surface area is 229 Å². The average molecular weight is 541 g/mol. The van der Waals surface area contributed by atoms with Crippen LogP contribution >= 0.6 is 0 Å². The summed E-state index contributed by atoms with van der Waals surface area (Å²) in [6, 6.07) is 8.29. The number of amides is 4. The van der Waals surface area contributed by atoms with Crippen LogP contribution in [0.15, 0.2) is 42.5 Å². The number of likely N-dealkylation sites (N-methyl/N-ethyl adjacent to an activating group) is 1. The Hall–Kier alpha value is -4.33. The van der Waals surface area contributed by atoms with Crippen molar-refractivity contribution in [2.45, 2.75) is 51.1 Å². The standard InChI is InChI=1S/C28H29F2N5O4/c1-27(2,3)13-22(34(4)25(38)23(36)32-16-9-10-19(29)20(30)11-16)24(37)35-15-28(12-17(35)14-31)18-7-5-6-8-21(18)33-26(28)39/h5-11,17,22H,12-13,15H2,1-4H3,(H,32,36)(H,33,39)/t17-,22-,28-/m0/s1/i4D3. The van der Waals surface area contributed by atoms with E-state index in [1.807, 2.05) is 11.4 Å². The number of rotatable bonds is 4. The van der Waals surface area contributed by atoms with E-state index in [1.165, 1.54) is 0 Å². The van der Waals surface area contributed by atoms with E-state index in [0.717, 1.165) is 11.0 Å². The molecule has 2 aliphatic rings. The number of benzene rings is 2. The summed E-state index contributed by atoms with van der Waals surface area (Å²) in [5.41, 5.74) is -1.20. The first-order valence-corrected chi connectivity index (χ1v) is 12.2. The van der Waals surface area contributed by atoms with Crippen molar-refractivity contribution in [3.05, 3.63) is 59.7 Å². The Morgan fingerprint density at radius 3 is 2.62 bits per heavy atom. The Kier molecular flexibility index (Phi) is 6.15. The van der Waals surface area contributed by atoms with Crippen LogP contribution in [0.2, 0.25) is 0 Å². The normalized spacial score (nSPS) is 22.2. The fourth-order valence-electron chi connectivity index (χ4n) is 5.06. The van der Waals surface area contributed by atoms with Gasteiger partial charge in [0.1, 0.15) is 12.1 Å². The van der Waals surface area contributed by atoms with E-state index in [2.05, 4.69) is 5.32 Å². The number of carbonyl (C=O) groups excluding carboxylic acids is 4. The lowest BCUT2D eigenvalue weighted by Gasteiger charge is -2.35. The topological polar surface area (TPSA) is 123 Å². The lowest BCUT2D eigenvalue weighted by Crippen LogP contribution is -2.54. The lowest BCUT2D eigenvalue weighted by atomic mass is 9.80. The van der Waals surface area contributed by atoms with Gasteiger partial charge in [0.25, 0.3) is 0 Å². The maximum absolute atomic E-state index is 14.2. The van der Waals surface area contributed by atoms with Crippen molar-refractivity contribution < 1.29 is 32.1 Å². The second kappa shape index (κ2) is 10.1. The largest absolute Gasteiger partial charge is 0.325 e. The molecule has 0 aliphatic carbocycles. The second-order valence-corrected chi connectivity index (χ2v) is 10.9. The summed E-state index contributed by atoms with van der Waals surface area (Å²) < 4.78 is 51.3. The van der Waals surface area contributed by atoms with Gasteiger partial charge in [0.05, 0.1) is 11.5 Å². The van der Waals surface area contributed by atoms with Crippen molar-refractivity contribution in [2.75, 3.05) is 24.2 Å². The van der Waals surface area contributed by atoms with Crippen LogP contribution in [0.4, 0.5) is 20.2 Å². The number of fused-ring (bicyclic) bond motifs is 2. The predicted octanol–water partition coefficient (Wildman–Crippen LogP) is 3.18. The Bertz CT molecular complexity index is 1500. The first-order valence-electron chi connectivity index (χ1n) is 13.7. The predicted molar refractivity (Wildman–Crippen MR) is 138 cm³/mol. The molecule has 1 fully saturated rings. The molecule has 0 radical (unpaired) electrons. The van der Waals surface area contributed by atoms with Gasteiger partial charge in [0.2, 0.25) is 11.8 Å². The maximum Gasteiger partial charge on any atom is 0.313 e. The third-order valence-electron chi connectivity index (χ3n) is 6.91. The molecule has 0 bridgehead atoms. The number of nitrogens with one attached hydrogen (secondary N) is 2. The summed E-state index contributed by atoms with van der Waals surface area (Å²) in [5, 5.41) is 14.8. The van der Waals surface area contributed by atoms with E-state index in [9.17, 15) is 33.2 Å². The number of halogens is 2. The SMILES string of the molecule is [2H]C([2H])([2H])N(C(=O)C(=O)Nc1ccc(F)c(F)c1)[C@@H](CC(C)(C)C)C(=O)N1C[C@]2(C[C@H]1C#N)C(=O)Nc1ccccc12. The summed E-state index contributed by atoms with van der Waals surface area (Å²) in [4.78, 5) is 54.9. The highest BCUT2D eigenvalue weighted by Gasteiger charge is 2.57. The number of likely N-dealkylation sites (tertiary alicyclic amines) is 1. The number of hydrogen-bond acceptors (Lipinski definition) is 5. The highest BCUT2D eigenvalue weighted by Crippen LogP contribution is 2.46. The van der Waals surface area contributed by atoms with Crippen LogP contribution in [0.1, 0.15) is 43.3 Å². The van der Waals surface area contributed by atoms with E-state index in [4.69, 9.17) is 4.11 Å². The molecule has 2 N–H and O–H groups in total. The Balaban J connectivity index is 1.71. The van der Waals surface area contributed by atoms with Crippen LogP contribution in [0.3, 0.4) is 0 Å². The van der Waals surface area contributed by atoms with Gasteiger partial charge in [0.15, 0.2) is 11.6 Å². The molecule has 39 heavy (non-hydrogen) atoms. The molecule has 11 heteroatoms. The van der Waals surface area contributed by atoms with Gasteiger partial charge in [-0.05, 0) is 35.6 Å². The van der Waals surface area contributed by atoms with Crippen molar-refractivity contribution in [3.8, 4) is 6.07 Å². The molecule has 204 valence electrons. The number of nitrogens with zero attached hydrogens (tertiary/aromatic N) is 3. The van der Waals surface area contributed by atoms with Crippen LogP contribution < -0.4 is 10.6 Å². The molecule has 0 saturated carbocycles. The van der Waals surface area contributed by atoms with Gasteiger partial charge in [-0.25, -0.2) is 8.78 Å². The van der Waals surface area contributed by atoms with Gasteiger partial charge in [-0.3, -0.25) is 19.2 Å². The van der Waals surface area contributed by atoms with Gasteiger partial charge < -0.3 is 20.4 Å². The van der Waals surface area contributed by atoms with Gasteiger partial charge >= 0.3 is 11.8 Å². The maximum atomic E-state index is 14.2. The zero-order valence-electron chi connectivity index (χ0n) is 24.5. The monoisotopic (exact) mass is 540 g/mol. The molecular weight excluding hydrogens is 508 g/mol. The van der Waals surface area contributed by atoms with Gasteiger partial charge in [-0.15, -0.1) is 0 Å². The molecule has 0 aromatic heterocycles. The zero-order chi connectivity index (χ0) is 31.2. The first kappa shape index (κ1) is 23.8. The van der Waals surface area contributed by atoms with Crippen LogP contribution in [0.25, 0.3) is 0 Å². The van der Waals surface area contributed by atoms with Crippen LogP contribution in [-0.4, -0.2) is 59.0 Å². The average Bonchev–Trinajstić information content (AvgIpc) is 3.41. The van der Waals surface area contributed by atoms with Crippen molar-refractivity contribution in [1.82, 2.24) is 9.80 Å². The summed E-state index contributed by atoms with van der Waals surface area (Å²) in [6.07, 6.45) is -0.280. The van der Waals surface area contributed by atoms with E-state index in [1.54, 1.807) is 45.0 Å². The van der Waals surface area contributed by atoms with Crippen LogP contribution in [-0.2, 0) is 24.6 Å². The molecule has 0 unspecified atom stereocenters. The summed E-state index contributed by atoms with van der Waals surface area (Å²) in [6.45, 7) is 1.54. The quantitative estimate of drug-likeness (QED) is 0.577. The smallest absolute Gasteiger partial charge is 0.313 e. The Morgan fingerprint density at radius 1 is 1.26 bits per heavy atom. The minimum absolute atomic E-state index is 0.0569. The van der Waals surface area contributed by atoms with Gasteiger partial charge in [-0.1, -0.05) is 39.0 Å². The fraction of sp³-hybridized carbons (Fsp3) is 0.393. The molecular formula is C28H29F2N5O4. The second-order valence-electron chi connectivity index (χ2n) is 10.9. The summed E-state index contributed by atoms with van der Waals surface area (Å²) >= 11 is 0. The number of carbonyl (C=O) groups is 4. The van der Waals surface area contributed by atoms with Gasteiger partial charge in [-0.2, -0.15) is 5.26 Å². The van der Waals surface area contributed by atoms with Crippen molar-refractivity contribution >= 4 is 35.0 Å². The molecule has 4 rings (SSSR count). The lowest BCUT2D eigenvalue weighted by molar-refractivity contribution is -0.150. The fourth-order valence-corrected chi connectivity index (χ4v) is 5.06. The number of anilines is 2. The Morgan fingerprint density at radius 2 is 1.97 bits per heavy atom. The van der Waals surface area contributed by atoms with E-state index in [0.29, 0.717) is 23.4 Å². The third-order valence-corrected chi connectivity index (χ3v) is 6.91. The van der Waals surface area contributed by atoms with E-state index in [-0.39, 0.29) is 30.0 Å². The van der Waals surface area contributed by atoms with Crippen LogP contribution in [0.5, 0.6) is 0 Å². The highest BCUT2D eigenvalue weighted by molar-refractivity contribution is 6.39. The number of para-hydroxylation sites is 1. The van der Waals surface area contributed by atoms with E-state index >= 15 is 0 Å². The molecule has 1 spiro atoms. The molecule has 4 amide bonds. The van der Waals surface area contributed by atoms with Crippen molar-refractivity contribution in [1.29, 1.82) is 5.26 Å². The highest BCUT2D eigenvalue weighted by atomic mass is 19.2. The van der Waals surface area contributed by atoms with Crippen molar-refractivity contribution in [3.63, 3.8) is 0 Å². The van der Waals surface area contributed by atoms with E-state index < -0.39 is 65.2 Å². The first-order chi connectivity index (χ1) is 19.5. The molecule has 2 aromatic rings. The molecule has 9 nitrogen and oxygen atoms in total. The zero-order valence-corrected chi connectivity index (χ0v) is 21.5. The number of hydrogen-bond donors (Lipinski definition) is 2. The molecule has 3 atom stereocenters. The summed E-state index contributed by atoms with van der Waals surface area (Å²) in [5.74, 6) is -6.96. The minimum atomic E-state index is -3.30. The van der Waals surface area contributed by atoms with Crippen LogP contribution in [0, 0.1) is 28.4 Å². The minimum Gasteiger partial charge on any atom is -0.325 e. The van der Waals surface area contributed by atoms with Gasteiger partial charge in [0, 0.05) is 41.5 Å². The molecule has 2 aromatic carbocycles. The summed E-state index contributed by atoms with van der Waals surface area (Å²) in [7, 11) is 0. The molecule has 1 saturated heterocycles. The van der Waals surface area contributed by atoms with Crippen molar-refractivity contribution in [2.24, 2.45) is 5.41 Å². The third kappa shape index (κ3) is 5.19. The molecule has 2 heterocycles. The number of nitriles is 1.